The summed E-state index contributed by atoms with van der Waals surface area (Å²) in [6, 6.07) is 22.5. The molecule has 1 unspecified atom stereocenters. The first kappa shape index (κ1) is 29.2. The molecule has 1 heterocycles. The second-order valence-corrected chi connectivity index (χ2v) is 10.7. The number of rotatable bonds is 11. The van der Waals surface area contributed by atoms with Crippen LogP contribution in [0.15, 0.2) is 101 Å². The number of alkyl halides is 3. The number of halogens is 3. The molecule has 3 aromatic carbocycles. The second-order valence-electron chi connectivity index (χ2n) is 9.19. The van der Waals surface area contributed by atoms with E-state index in [9.17, 15) is 22.8 Å². The molecule has 0 aromatic heterocycles. The summed E-state index contributed by atoms with van der Waals surface area (Å²) >= 11 is 0. The fraction of sp³-hybridized carbons (Fsp3) is 0.276. The van der Waals surface area contributed by atoms with Crippen molar-refractivity contribution in [3.8, 4) is 17.2 Å². The average molecular weight is 575 g/mol. The Bertz CT molecular complexity index is 1320. The molecule has 7 nitrogen and oxygen atoms in total. The van der Waals surface area contributed by atoms with E-state index < -0.39 is 14.1 Å². The molecule has 0 spiro atoms. The zero-order valence-electron chi connectivity index (χ0n) is 21.8. The van der Waals surface area contributed by atoms with Gasteiger partial charge in [0.05, 0.1) is 0 Å². The van der Waals surface area contributed by atoms with Crippen LogP contribution >= 0.6 is 7.75 Å². The molecule has 40 heavy (non-hydrogen) atoms. The zero-order valence-corrected chi connectivity index (χ0v) is 22.7. The normalized spacial score (nSPS) is 16.9. The van der Waals surface area contributed by atoms with E-state index in [1.165, 1.54) is 18.2 Å². The smallest absolute Gasteiger partial charge is 0.406 e. The van der Waals surface area contributed by atoms with Crippen molar-refractivity contribution >= 4 is 13.6 Å². The Hall–Kier alpha value is -3.75. The predicted molar refractivity (Wildman–Crippen MR) is 146 cm³/mol. The molecule has 1 N–H and O–H groups in total. The first-order chi connectivity index (χ1) is 19.1. The summed E-state index contributed by atoms with van der Waals surface area (Å²) in [7, 11) is -4.19. The number of benzene rings is 3. The number of aliphatic hydroxyl groups is 1. The summed E-state index contributed by atoms with van der Waals surface area (Å²) in [5, 5.41) is 9.35. The van der Waals surface area contributed by atoms with Gasteiger partial charge in [-0.15, -0.1) is 17.9 Å². The number of para-hydroxylation sites is 2. The van der Waals surface area contributed by atoms with Crippen molar-refractivity contribution in [3.05, 3.63) is 102 Å². The molecule has 4 rings (SSSR count). The minimum atomic E-state index is -4.82. The lowest BCUT2D eigenvalue weighted by molar-refractivity contribution is -0.274. The molecule has 0 fully saturated rings. The summed E-state index contributed by atoms with van der Waals surface area (Å²) in [4.78, 5) is 1.84. The number of amidine groups is 1. The van der Waals surface area contributed by atoms with Gasteiger partial charge in [0.15, 0.2) is 0 Å². The Kier molecular flexibility index (Phi) is 9.55. The van der Waals surface area contributed by atoms with Crippen LogP contribution in [0.5, 0.6) is 17.2 Å². The molecular formula is C29H30F3N2O5P. The van der Waals surface area contributed by atoms with Crippen LogP contribution in [0.4, 0.5) is 13.2 Å². The Balaban J connectivity index is 1.72. The van der Waals surface area contributed by atoms with Crippen LogP contribution in [0.1, 0.15) is 31.7 Å². The van der Waals surface area contributed by atoms with Gasteiger partial charge in [-0.25, -0.2) is 4.57 Å². The van der Waals surface area contributed by atoms with E-state index in [1.807, 2.05) is 17.9 Å². The standard InChI is InChI=1S/C29H30F3N2O5P/c1-22-18-23(11-9-17-35)20-28(34(22)21-24-10-8-16-27(19-24)37-29(30,31)32)33-40(36,38-25-12-4-2-5-13-25)39-26-14-6-3-7-15-26/h2-8,10,12-16,18-19,22,35H,9,11,17,20-21H2,1H3/b33-28-. The third-order valence-corrected chi connectivity index (χ3v) is 7.35. The molecule has 0 bridgehead atoms. The van der Waals surface area contributed by atoms with Gasteiger partial charge in [0.25, 0.3) is 0 Å². The van der Waals surface area contributed by atoms with Crippen LogP contribution in [-0.2, 0) is 11.1 Å². The predicted octanol–water partition coefficient (Wildman–Crippen LogP) is 7.54. The van der Waals surface area contributed by atoms with Crippen LogP contribution < -0.4 is 13.8 Å². The van der Waals surface area contributed by atoms with E-state index in [-0.39, 0.29) is 24.9 Å². The molecular weight excluding hydrogens is 544 g/mol. The van der Waals surface area contributed by atoms with Crippen LogP contribution in [0, 0.1) is 0 Å². The molecule has 0 saturated heterocycles. The second kappa shape index (κ2) is 13.1. The van der Waals surface area contributed by atoms with Gasteiger partial charge in [0, 0.05) is 25.6 Å². The van der Waals surface area contributed by atoms with Crippen LogP contribution in [0.3, 0.4) is 0 Å². The quantitative estimate of drug-likeness (QED) is 0.188. The fourth-order valence-corrected chi connectivity index (χ4v) is 5.67. The molecule has 0 saturated carbocycles. The molecule has 0 amide bonds. The lowest BCUT2D eigenvalue weighted by Crippen LogP contribution is -2.40. The number of hydrogen-bond acceptors (Lipinski definition) is 5. The maximum absolute atomic E-state index is 14.2. The summed E-state index contributed by atoms with van der Waals surface area (Å²) in [5.74, 6) is 0.655. The summed E-state index contributed by atoms with van der Waals surface area (Å²) in [5.41, 5.74) is 1.52. The highest BCUT2D eigenvalue weighted by atomic mass is 31.2. The fourth-order valence-electron chi connectivity index (χ4n) is 4.30. The van der Waals surface area contributed by atoms with E-state index in [2.05, 4.69) is 9.50 Å². The van der Waals surface area contributed by atoms with E-state index in [0.717, 1.165) is 5.57 Å². The molecule has 1 aliphatic rings. The SMILES string of the molecule is CC1C=C(CCCO)C/C(=N/P(=O)(Oc2ccccc2)Oc2ccccc2)N1Cc1cccc(OC(F)(F)F)c1. The highest BCUT2D eigenvalue weighted by Gasteiger charge is 2.34. The van der Waals surface area contributed by atoms with Gasteiger partial charge < -0.3 is 23.8 Å². The van der Waals surface area contributed by atoms with Crippen molar-refractivity contribution < 1.29 is 36.6 Å². The number of ether oxygens (including phenoxy) is 1. The first-order valence-electron chi connectivity index (χ1n) is 12.7. The van der Waals surface area contributed by atoms with Gasteiger partial charge >= 0.3 is 14.1 Å². The largest absolute Gasteiger partial charge is 0.573 e. The van der Waals surface area contributed by atoms with Gasteiger partial charge in [-0.05, 0) is 61.7 Å². The van der Waals surface area contributed by atoms with Crippen LogP contribution in [-0.4, -0.2) is 34.9 Å². The molecule has 0 aliphatic carbocycles. The highest BCUT2D eigenvalue weighted by molar-refractivity contribution is 7.53. The molecule has 11 heteroatoms. The van der Waals surface area contributed by atoms with Crippen molar-refractivity contribution in [3.63, 3.8) is 0 Å². The molecule has 1 aliphatic heterocycles. The van der Waals surface area contributed by atoms with Crippen LogP contribution in [0.25, 0.3) is 0 Å². The van der Waals surface area contributed by atoms with E-state index in [0.29, 0.717) is 42.2 Å². The number of aliphatic hydroxyl groups excluding tert-OH is 1. The Morgan fingerprint density at radius 1 is 0.950 bits per heavy atom. The third kappa shape index (κ3) is 8.63. The minimum absolute atomic E-state index is 0.0145. The van der Waals surface area contributed by atoms with E-state index >= 15 is 0 Å². The van der Waals surface area contributed by atoms with Crippen molar-refractivity contribution in [1.82, 2.24) is 4.90 Å². The molecule has 1 atom stereocenters. The van der Waals surface area contributed by atoms with Gasteiger partial charge in [-0.1, -0.05) is 60.2 Å². The van der Waals surface area contributed by atoms with Crippen molar-refractivity contribution in [2.45, 2.75) is 45.1 Å². The van der Waals surface area contributed by atoms with Gasteiger partial charge in [0.2, 0.25) is 0 Å². The first-order valence-corrected chi connectivity index (χ1v) is 14.2. The average Bonchev–Trinajstić information content (AvgIpc) is 2.89. The molecule has 0 radical (unpaired) electrons. The topological polar surface area (TPSA) is 80.6 Å². The summed E-state index contributed by atoms with van der Waals surface area (Å²) < 4.78 is 73.0. The van der Waals surface area contributed by atoms with Crippen LogP contribution in [0.2, 0.25) is 0 Å². The highest BCUT2D eigenvalue weighted by Crippen LogP contribution is 2.51. The zero-order chi connectivity index (χ0) is 28.6. The van der Waals surface area contributed by atoms with Gasteiger partial charge in [-0.2, -0.15) is 0 Å². The lowest BCUT2D eigenvalue weighted by atomic mass is 9.97. The maximum atomic E-state index is 14.2. The third-order valence-electron chi connectivity index (χ3n) is 5.99. The van der Waals surface area contributed by atoms with E-state index in [1.54, 1.807) is 66.7 Å². The molecule has 3 aromatic rings. The van der Waals surface area contributed by atoms with Gasteiger partial charge in [-0.3, -0.25) is 0 Å². The van der Waals surface area contributed by atoms with E-state index in [4.69, 9.17) is 9.05 Å². The van der Waals surface area contributed by atoms with Crippen molar-refractivity contribution in [2.75, 3.05) is 6.61 Å². The maximum Gasteiger partial charge on any atom is 0.573 e. The van der Waals surface area contributed by atoms with Gasteiger partial charge in [0.1, 0.15) is 23.1 Å². The van der Waals surface area contributed by atoms with Crippen molar-refractivity contribution in [2.24, 2.45) is 4.76 Å². The van der Waals surface area contributed by atoms with Crippen molar-refractivity contribution in [1.29, 1.82) is 0 Å². The minimum Gasteiger partial charge on any atom is -0.406 e. The monoisotopic (exact) mass is 574 g/mol. The Labute approximate surface area is 231 Å². The number of nitrogens with zero attached hydrogens (tertiary/aromatic N) is 2. The number of hydrogen-bond donors (Lipinski definition) is 1. The lowest BCUT2D eigenvalue weighted by Gasteiger charge is -2.36. The Morgan fingerprint density at radius 2 is 1.55 bits per heavy atom. The summed E-state index contributed by atoms with van der Waals surface area (Å²) in [6.07, 6.45) is -1.35. The molecule has 212 valence electrons. The Morgan fingerprint density at radius 3 is 2.12 bits per heavy atom. The summed E-state index contributed by atoms with van der Waals surface area (Å²) in [6.45, 7) is 2.08.